The van der Waals surface area contributed by atoms with Crippen molar-refractivity contribution in [2.45, 2.75) is 39.5 Å². The molecule has 1 rings (SSSR count). The number of benzene rings is 1. The third-order valence-electron chi connectivity index (χ3n) is 3.39. The summed E-state index contributed by atoms with van der Waals surface area (Å²) in [6.07, 6.45) is 2.91. The highest BCUT2D eigenvalue weighted by Gasteiger charge is 2.34. The number of carbonyl (C=O) groups is 1. The molecule has 0 saturated carbocycles. The minimum atomic E-state index is -0.536. The van der Waals surface area contributed by atoms with Gasteiger partial charge in [-0.3, -0.25) is 4.79 Å². The second-order valence-corrected chi connectivity index (χ2v) is 6.18. The fourth-order valence-electron chi connectivity index (χ4n) is 2.29. The van der Waals surface area contributed by atoms with Crippen LogP contribution in [0.25, 0.3) is 0 Å². The van der Waals surface area contributed by atoms with Crippen molar-refractivity contribution in [2.24, 2.45) is 5.41 Å². The maximum atomic E-state index is 12.3. The SMILES string of the molecule is CCOC(=O)C(C)(CCCCO)Cc1cccc(Br)c1. The van der Waals surface area contributed by atoms with Gasteiger partial charge in [0.2, 0.25) is 0 Å². The number of hydrogen-bond donors (Lipinski definition) is 1. The van der Waals surface area contributed by atoms with Crippen molar-refractivity contribution < 1.29 is 14.6 Å². The lowest BCUT2D eigenvalue weighted by molar-refractivity contribution is -0.155. The van der Waals surface area contributed by atoms with Crippen LogP contribution in [-0.4, -0.2) is 24.3 Å². The number of aliphatic hydroxyl groups excluding tert-OH is 1. The Balaban J connectivity index is 2.83. The molecule has 0 aliphatic rings. The summed E-state index contributed by atoms with van der Waals surface area (Å²) in [6.45, 7) is 4.33. The zero-order valence-electron chi connectivity index (χ0n) is 12.2. The molecule has 0 heterocycles. The van der Waals surface area contributed by atoms with Crippen molar-refractivity contribution >= 4 is 21.9 Å². The Hall–Kier alpha value is -0.870. The van der Waals surface area contributed by atoms with E-state index in [1.54, 1.807) is 0 Å². The van der Waals surface area contributed by atoms with E-state index >= 15 is 0 Å². The molecule has 112 valence electrons. The summed E-state index contributed by atoms with van der Waals surface area (Å²) in [6, 6.07) is 7.99. The number of esters is 1. The number of halogens is 1. The Bertz CT molecular complexity index is 433. The smallest absolute Gasteiger partial charge is 0.312 e. The standard InChI is InChI=1S/C16H23BrO3/c1-3-20-15(19)16(2,9-4-5-10-18)12-13-7-6-8-14(17)11-13/h6-8,11,18H,3-5,9-10,12H2,1-2H3. The van der Waals surface area contributed by atoms with E-state index in [0.29, 0.717) is 19.4 Å². The van der Waals surface area contributed by atoms with Crippen LogP contribution in [0.1, 0.15) is 38.7 Å². The van der Waals surface area contributed by atoms with Gasteiger partial charge >= 0.3 is 5.97 Å². The third kappa shape index (κ3) is 5.25. The van der Waals surface area contributed by atoms with E-state index < -0.39 is 5.41 Å². The van der Waals surface area contributed by atoms with E-state index in [0.717, 1.165) is 22.9 Å². The molecule has 3 nitrogen and oxygen atoms in total. The number of unbranched alkanes of at least 4 members (excludes halogenated alkanes) is 1. The van der Waals surface area contributed by atoms with Crippen LogP contribution in [0.15, 0.2) is 28.7 Å². The lowest BCUT2D eigenvalue weighted by atomic mass is 9.79. The van der Waals surface area contributed by atoms with E-state index in [2.05, 4.69) is 15.9 Å². The molecule has 1 atom stereocenters. The lowest BCUT2D eigenvalue weighted by Crippen LogP contribution is -2.32. The van der Waals surface area contributed by atoms with Crippen molar-refractivity contribution in [3.05, 3.63) is 34.3 Å². The Morgan fingerprint density at radius 3 is 2.75 bits per heavy atom. The van der Waals surface area contributed by atoms with Crippen molar-refractivity contribution in [3.63, 3.8) is 0 Å². The Kier molecular flexibility index (Phi) is 7.24. The van der Waals surface area contributed by atoms with Gasteiger partial charge in [0.1, 0.15) is 0 Å². The lowest BCUT2D eigenvalue weighted by Gasteiger charge is -2.27. The van der Waals surface area contributed by atoms with Crippen molar-refractivity contribution in [3.8, 4) is 0 Å². The molecule has 1 N–H and O–H groups in total. The van der Waals surface area contributed by atoms with Gasteiger partial charge in [-0.1, -0.05) is 34.5 Å². The van der Waals surface area contributed by atoms with E-state index in [4.69, 9.17) is 9.84 Å². The van der Waals surface area contributed by atoms with Crippen LogP contribution < -0.4 is 0 Å². The second-order valence-electron chi connectivity index (χ2n) is 5.27. The fraction of sp³-hybridized carbons (Fsp3) is 0.562. The number of rotatable bonds is 8. The van der Waals surface area contributed by atoms with Crippen molar-refractivity contribution in [1.82, 2.24) is 0 Å². The molecule has 0 fully saturated rings. The highest BCUT2D eigenvalue weighted by molar-refractivity contribution is 9.10. The number of aliphatic hydroxyl groups is 1. The molecule has 0 saturated heterocycles. The van der Waals surface area contributed by atoms with Crippen LogP contribution >= 0.6 is 15.9 Å². The summed E-state index contributed by atoms with van der Waals surface area (Å²) < 4.78 is 6.24. The normalized spacial score (nSPS) is 13.8. The highest BCUT2D eigenvalue weighted by atomic mass is 79.9. The molecule has 20 heavy (non-hydrogen) atoms. The van der Waals surface area contributed by atoms with Crippen LogP contribution in [0.4, 0.5) is 0 Å². The molecule has 0 aromatic heterocycles. The number of hydrogen-bond acceptors (Lipinski definition) is 3. The third-order valence-corrected chi connectivity index (χ3v) is 3.88. The first-order valence-electron chi connectivity index (χ1n) is 7.04. The van der Waals surface area contributed by atoms with Crippen LogP contribution in [0.2, 0.25) is 0 Å². The minimum absolute atomic E-state index is 0.155. The molecular formula is C16H23BrO3. The van der Waals surface area contributed by atoms with E-state index in [-0.39, 0.29) is 12.6 Å². The van der Waals surface area contributed by atoms with Crippen LogP contribution in [-0.2, 0) is 16.0 Å². The van der Waals surface area contributed by atoms with Crippen LogP contribution in [0, 0.1) is 5.41 Å². The van der Waals surface area contributed by atoms with Gasteiger partial charge in [-0.25, -0.2) is 0 Å². The second kappa shape index (κ2) is 8.42. The predicted octanol–water partition coefficient (Wildman–Crippen LogP) is 3.72. The van der Waals surface area contributed by atoms with Gasteiger partial charge in [-0.05, 0) is 50.8 Å². The molecule has 0 aliphatic carbocycles. The maximum Gasteiger partial charge on any atom is 0.312 e. The summed E-state index contributed by atoms with van der Waals surface area (Å²) in [7, 11) is 0. The fourth-order valence-corrected chi connectivity index (χ4v) is 2.74. The summed E-state index contributed by atoms with van der Waals surface area (Å²) in [5.74, 6) is -0.155. The van der Waals surface area contributed by atoms with Gasteiger partial charge in [0.15, 0.2) is 0 Å². The average molecular weight is 343 g/mol. The quantitative estimate of drug-likeness (QED) is 0.578. The van der Waals surface area contributed by atoms with E-state index in [1.807, 2.05) is 38.1 Å². The molecule has 1 aromatic carbocycles. The summed E-state index contributed by atoms with van der Waals surface area (Å²) in [5, 5.41) is 8.91. The largest absolute Gasteiger partial charge is 0.466 e. The molecule has 4 heteroatoms. The van der Waals surface area contributed by atoms with E-state index in [1.165, 1.54) is 0 Å². The first kappa shape index (κ1) is 17.2. The Labute approximate surface area is 129 Å². The van der Waals surface area contributed by atoms with Gasteiger partial charge in [-0.15, -0.1) is 0 Å². The van der Waals surface area contributed by atoms with Gasteiger partial charge in [0, 0.05) is 11.1 Å². The molecule has 1 aromatic rings. The molecule has 0 bridgehead atoms. The topological polar surface area (TPSA) is 46.5 Å². The van der Waals surface area contributed by atoms with Gasteiger partial charge in [-0.2, -0.15) is 0 Å². The average Bonchev–Trinajstić information content (AvgIpc) is 2.39. The summed E-state index contributed by atoms with van der Waals surface area (Å²) in [4.78, 5) is 12.3. The number of carbonyl (C=O) groups excluding carboxylic acids is 1. The van der Waals surface area contributed by atoms with Crippen LogP contribution in [0.5, 0.6) is 0 Å². The first-order chi connectivity index (χ1) is 9.51. The molecule has 0 aliphatic heterocycles. The zero-order chi connectivity index (χ0) is 15.0. The molecular weight excluding hydrogens is 320 g/mol. The molecule has 0 radical (unpaired) electrons. The zero-order valence-corrected chi connectivity index (χ0v) is 13.8. The maximum absolute atomic E-state index is 12.3. The monoisotopic (exact) mass is 342 g/mol. The van der Waals surface area contributed by atoms with Gasteiger partial charge in [0.25, 0.3) is 0 Å². The molecule has 1 unspecified atom stereocenters. The molecule has 0 amide bonds. The summed E-state index contributed by atoms with van der Waals surface area (Å²) >= 11 is 3.45. The van der Waals surface area contributed by atoms with Crippen LogP contribution in [0.3, 0.4) is 0 Å². The predicted molar refractivity (Wildman–Crippen MR) is 83.5 cm³/mol. The Morgan fingerprint density at radius 1 is 1.40 bits per heavy atom. The first-order valence-corrected chi connectivity index (χ1v) is 7.83. The number of ether oxygens (including phenoxy) is 1. The van der Waals surface area contributed by atoms with Gasteiger partial charge < -0.3 is 9.84 Å². The van der Waals surface area contributed by atoms with Gasteiger partial charge in [0.05, 0.1) is 12.0 Å². The highest BCUT2D eigenvalue weighted by Crippen LogP contribution is 2.31. The Morgan fingerprint density at radius 2 is 2.15 bits per heavy atom. The minimum Gasteiger partial charge on any atom is -0.466 e. The van der Waals surface area contributed by atoms with E-state index in [9.17, 15) is 4.79 Å². The molecule has 0 spiro atoms. The summed E-state index contributed by atoms with van der Waals surface area (Å²) in [5.41, 5.74) is 0.574. The van der Waals surface area contributed by atoms with Crippen molar-refractivity contribution in [2.75, 3.05) is 13.2 Å². The van der Waals surface area contributed by atoms with Crippen molar-refractivity contribution in [1.29, 1.82) is 0 Å².